The molecule has 0 aromatic heterocycles. The molecule has 0 aliphatic heterocycles. The minimum atomic E-state index is -0.474. The lowest BCUT2D eigenvalue weighted by Crippen LogP contribution is -2.28. The van der Waals surface area contributed by atoms with Gasteiger partial charge in [0.15, 0.2) is 0 Å². The van der Waals surface area contributed by atoms with Crippen LogP contribution in [0.1, 0.15) is 77.2 Å². The number of phenols is 2. The highest BCUT2D eigenvalue weighted by Gasteiger charge is 2.27. The zero-order valence-corrected chi connectivity index (χ0v) is 17.6. The normalized spacial score (nSPS) is 10.2. The van der Waals surface area contributed by atoms with Crippen molar-refractivity contribution in [2.45, 2.75) is 77.2 Å². The van der Waals surface area contributed by atoms with E-state index in [9.17, 15) is 9.59 Å². The second-order valence-electron chi connectivity index (χ2n) is 7.35. The molecule has 2 rings (SSSR count). The number of esters is 2. The molecule has 190 valence electrons. The van der Waals surface area contributed by atoms with E-state index in [2.05, 4.69) is 0 Å². The minimum absolute atomic E-state index is 0. The number of rotatable bonds is 6. The number of carbonyl (C=O) groups excluding carboxylic acids is 2. The Balaban J connectivity index is -0.000000228. The second-order valence-corrected chi connectivity index (χ2v) is 7.35. The van der Waals surface area contributed by atoms with E-state index in [4.69, 9.17) is 19.7 Å². The van der Waals surface area contributed by atoms with E-state index in [-0.39, 0.29) is 59.1 Å². The maximum Gasteiger partial charge on any atom is 0.316 e. The third-order valence-corrected chi connectivity index (χ3v) is 4.55. The molecule has 0 bridgehead atoms. The number of ether oxygens (including phenoxy) is 2. The molecule has 2 aromatic rings. The topological polar surface area (TPSA) is 93.1 Å². The van der Waals surface area contributed by atoms with Crippen LogP contribution in [0.5, 0.6) is 23.0 Å². The van der Waals surface area contributed by atoms with Gasteiger partial charge in [0, 0.05) is 0 Å². The van der Waals surface area contributed by atoms with Crippen LogP contribution in [0.3, 0.4) is 0 Å². The first-order valence-corrected chi connectivity index (χ1v) is 9.61. The van der Waals surface area contributed by atoms with Crippen molar-refractivity contribution in [2.75, 3.05) is 0 Å². The molecule has 0 aliphatic rings. The standard InChI is InChI=1S/C12H16O3.C11H14O3.4CH4/c1-4-12(2,3)11(14)15-10-7-5-9(13)6-8-10;1-3-8(2)11(13)14-10-6-4-9(12)5-7-10;;;;/h5-8,13H,4H2,1-3H3;4-8,12H,3H2,1-2H3;4*1H4. The predicted octanol–water partition coefficient (Wildman–Crippen LogP) is 7.62. The fraction of sp³-hybridized carbons (Fsp3) is 0.481. The Hall–Kier alpha value is -3.02. The summed E-state index contributed by atoms with van der Waals surface area (Å²) in [5.41, 5.74) is -0.474. The fourth-order valence-electron chi connectivity index (χ4n) is 1.80. The van der Waals surface area contributed by atoms with Gasteiger partial charge in [0.2, 0.25) is 0 Å². The van der Waals surface area contributed by atoms with Crippen molar-refractivity contribution in [3.05, 3.63) is 48.5 Å². The summed E-state index contributed by atoms with van der Waals surface area (Å²) in [5.74, 6) is 0.656. The lowest BCUT2D eigenvalue weighted by atomic mass is 9.91. The average Bonchev–Trinajstić information content (AvgIpc) is 2.71. The number of aromatic hydroxyl groups is 2. The monoisotopic (exact) mass is 466 g/mol. The Morgan fingerprint density at radius 2 is 1.15 bits per heavy atom. The van der Waals surface area contributed by atoms with E-state index >= 15 is 0 Å². The number of carbonyl (C=O) groups is 2. The first-order valence-electron chi connectivity index (χ1n) is 9.61. The summed E-state index contributed by atoms with van der Waals surface area (Å²) >= 11 is 0. The Bertz CT molecular complexity index is 779. The molecule has 1 atom stereocenters. The van der Waals surface area contributed by atoms with Crippen LogP contribution in [-0.2, 0) is 9.59 Å². The molecular formula is C27H46O6. The van der Waals surface area contributed by atoms with E-state index in [1.165, 1.54) is 24.3 Å². The molecule has 2 aromatic carbocycles. The summed E-state index contributed by atoms with van der Waals surface area (Å²) < 4.78 is 10.2. The molecule has 0 heterocycles. The van der Waals surface area contributed by atoms with Gasteiger partial charge in [0.25, 0.3) is 0 Å². The van der Waals surface area contributed by atoms with Gasteiger partial charge in [0.05, 0.1) is 11.3 Å². The van der Waals surface area contributed by atoms with Crippen molar-refractivity contribution in [1.29, 1.82) is 0 Å². The highest BCUT2D eigenvalue weighted by atomic mass is 16.5. The molecule has 6 nitrogen and oxygen atoms in total. The van der Waals surface area contributed by atoms with Crippen LogP contribution in [0.2, 0.25) is 0 Å². The first kappa shape index (κ1) is 37.3. The van der Waals surface area contributed by atoms with Crippen molar-refractivity contribution < 1.29 is 29.3 Å². The smallest absolute Gasteiger partial charge is 0.316 e. The van der Waals surface area contributed by atoms with Gasteiger partial charge < -0.3 is 19.7 Å². The Kier molecular flexibility index (Phi) is 19.8. The third-order valence-electron chi connectivity index (χ3n) is 4.55. The lowest BCUT2D eigenvalue weighted by Gasteiger charge is -2.19. The van der Waals surface area contributed by atoms with Crippen LogP contribution in [0.15, 0.2) is 48.5 Å². The van der Waals surface area contributed by atoms with Crippen molar-refractivity contribution in [2.24, 2.45) is 11.3 Å². The largest absolute Gasteiger partial charge is 0.508 e. The molecule has 1 unspecified atom stereocenters. The van der Waals surface area contributed by atoms with E-state index in [0.29, 0.717) is 11.5 Å². The summed E-state index contributed by atoms with van der Waals surface area (Å²) in [4.78, 5) is 23.0. The van der Waals surface area contributed by atoms with Gasteiger partial charge in [-0.15, -0.1) is 0 Å². The summed E-state index contributed by atoms with van der Waals surface area (Å²) in [7, 11) is 0. The Labute approximate surface area is 201 Å². The highest BCUT2D eigenvalue weighted by molar-refractivity contribution is 5.78. The molecule has 0 fully saturated rings. The number of hydrogen-bond donors (Lipinski definition) is 2. The zero-order valence-electron chi connectivity index (χ0n) is 17.6. The van der Waals surface area contributed by atoms with E-state index in [1.807, 2.05) is 34.6 Å². The van der Waals surface area contributed by atoms with Crippen molar-refractivity contribution in [3.8, 4) is 23.0 Å². The summed E-state index contributed by atoms with van der Waals surface area (Å²) in [6.45, 7) is 9.38. The number of hydrogen-bond acceptors (Lipinski definition) is 6. The number of benzene rings is 2. The maximum absolute atomic E-state index is 11.7. The van der Waals surface area contributed by atoms with Gasteiger partial charge in [0.1, 0.15) is 23.0 Å². The summed E-state index contributed by atoms with van der Waals surface area (Å²) in [5, 5.41) is 18.1. The molecule has 33 heavy (non-hydrogen) atoms. The molecule has 0 amide bonds. The third kappa shape index (κ3) is 13.2. The van der Waals surface area contributed by atoms with Crippen LogP contribution in [-0.4, -0.2) is 22.2 Å². The van der Waals surface area contributed by atoms with Crippen molar-refractivity contribution >= 4 is 11.9 Å². The Morgan fingerprint density at radius 3 is 1.48 bits per heavy atom. The van der Waals surface area contributed by atoms with Crippen LogP contribution in [0.4, 0.5) is 0 Å². The van der Waals surface area contributed by atoms with Crippen LogP contribution >= 0.6 is 0 Å². The zero-order chi connectivity index (χ0) is 22.0. The van der Waals surface area contributed by atoms with Gasteiger partial charge >= 0.3 is 11.9 Å². The number of phenolic OH excluding ortho intramolecular Hbond substituents is 2. The molecule has 0 radical (unpaired) electrons. The van der Waals surface area contributed by atoms with Gasteiger partial charge in [-0.1, -0.05) is 50.5 Å². The van der Waals surface area contributed by atoms with E-state index in [0.717, 1.165) is 12.8 Å². The molecule has 0 aliphatic carbocycles. The van der Waals surface area contributed by atoms with Crippen molar-refractivity contribution in [3.63, 3.8) is 0 Å². The molecular weight excluding hydrogens is 420 g/mol. The predicted molar refractivity (Wildman–Crippen MR) is 138 cm³/mol. The van der Waals surface area contributed by atoms with Crippen LogP contribution in [0.25, 0.3) is 0 Å². The van der Waals surface area contributed by atoms with Crippen molar-refractivity contribution in [1.82, 2.24) is 0 Å². The highest BCUT2D eigenvalue weighted by Crippen LogP contribution is 2.24. The Morgan fingerprint density at radius 1 is 0.788 bits per heavy atom. The second kappa shape index (κ2) is 17.5. The van der Waals surface area contributed by atoms with Gasteiger partial charge in [-0.05, 0) is 75.2 Å². The van der Waals surface area contributed by atoms with E-state index < -0.39 is 5.41 Å². The van der Waals surface area contributed by atoms with Gasteiger partial charge in [-0.3, -0.25) is 9.59 Å². The SMILES string of the molecule is C.C.C.C.CCC(C)(C)C(=O)Oc1ccc(O)cc1.CCC(C)C(=O)Oc1ccc(O)cc1. The quantitative estimate of drug-likeness (QED) is 0.336. The minimum Gasteiger partial charge on any atom is -0.508 e. The summed E-state index contributed by atoms with van der Waals surface area (Å²) in [6, 6.07) is 12.2. The molecule has 6 heteroatoms. The maximum atomic E-state index is 11.7. The van der Waals surface area contributed by atoms with Crippen LogP contribution < -0.4 is 9.47 Å². The molecule has 2 N–H and O–H groups in total. The van der Waals surface area contributed by atoms with Gasteiger partial charge in [-0.25, -0.2) is 0 Å². The summed E-state index contributed by atoms with van der Waals surface area (Å²) in [6.07, 6.45) is 1.49. The molecule has 0 saturated carbocycles. The average molecular weight is 467 g/mol. The van der Waals surface area contributed by atoms with Crippen LogP contribution in [0, 0.1) is 11.3 Å². The lowest BCUT2D eigenvalue weighted by molar-refractivity contribution is -0.144. The van der Waals surface area contributed by atoms with E-state index in [1.54, 1.807) is 24.3 Å². The molecule has 0 saturated heterocycles. The fourth-order valence-corrected chi connectivity index (χ4v) is 1.80. The molecule has 0 spiro atoms. The first-order chi connectivity index (χ1) is 13.6. The van der Waals surface area contributed by atoms with Gasteiger partial charge in [-0.2, -0.15) is 0 Å².